The summed E-state index contributed by atoms with van der Waals surface area (Å²) < 4.78 is 0. The number of aliphatic hydroxyl groups excluding tert-OH is 1. The second-order valence-electron chi connectivity index (χ2n) is 3.56. The molecule has 1 heterocycles. The van der Waals surface area contributed by atoms with Gasteiger partial charge in [0.2, 0.25) is 5.91 Å². The maximum Gasteiger partial charge on any atom is 0.223 e. The molecule has 0 radical (unpaired) electrons. The number of aliphatic hydroxyl groups is 1. The highest BCUT2D eigenvalue weighted by molar-refractivity contribution is 5.78. The van der Waals surface area contributed by atoms with E-state index in [0.29, 0.717) is 12.5 Å². The molecule has 3 heteroatoms. The van der Waals surface area contributed by atoms with Gasteiger partial charge >= 0.3 is 0 Å². The van der Waals surface area contributed by atoms with Crippen LogP contribution in [0.5, 0.6) is 0 Å². The van der Waals surface area contributed by atoms with Gasteiger partial charge in [-0.3, -0.25) is 4.79 Å². The molecule has 0 bridgehead atoms. The number of nitrogens with zero attached hydrogens (tertiary/aromatic N) is 1. The summed E-state index contributed by atoms with van der Waals surface area (Å²) in [7, 11) is 0. The van der Waals surface area contributed by atoms with Crippen LogP contribution < -0.4 is 0 Å². The Labute approximate surface area is 73.4 Å². The zero-order valence-corrected chi connectivity index (χ0v) is 7.79. The molecule has 1 rings (SSSR count). The minimum atomic E-state index is 0.138. The highest BCUT2D eigenvalue weighted by atomic mass is 16.3. The van der Waals surface area contributed by atoms with Crippen molar-refractivity contribution in [3.8, 4) is 0 Å². The molecule has 12 heavy (non-hydrogen) atoms. The molecule has 0 aliphatic carbocycles. The van der Waals surface area contributed by atoms with Gasteiger partial charge in [-0.2, -0.15) is 0 Å². The minimum absolute atomic E-state index is 0.138. The third kappa shape index (κ3) is 1.78. The van der Waals surface area contributed by atoms with Crippen molar-refractivity contribution in [3.63, 3.8) is 0 Å². The Morgan fingerprint density at radius 1 is 1.75 bits per heavy atom. The lowest BCUT2D eigenvalue weighted by Crippen LogP contribution is -2.34. The van der Waals surface area contributed by atoms with E-state index in [1.54, 1.807) is 0 Å². The molecule has 1 amide bonds. The Bertz CT molecular complexity index is 170. The third-order valence-electron chi connectivity index (χ3n) is 2.62. The zero-order chi connectivity index (χ0) is 9.14. The first-order valence-electron chi connectivity index (χ1n) is 4.59. The van der Waals surface area contributed by atoms with Gasteiger partial charge in [0.1, 0.15) is 0 Å². The van der Waals surface area contributed by atoms with Crippen LogP contribution in [-0.4, -0.2) is 35.1 Å². The SMILES string of the molecule is CC[C@H](C)N1CC(CO)CC1=O. The number of hydrogen-bond acceptors (Lipinski definition) is 2. The summed E-state index contributed by atoms with van der Waals surface area (Å²) in [4.78, 5) is 13.2. The highest BCUT2D eigenvalue weighted by Crippen LogP contribution is 2.20. The molecule has 3 nitrogen and oxygen atoms in total. The monoisotopic (exact) mass is 171 g/mol. The molecule has 1 aliphatic rings. The lowest BCUT2D eigenvalue weighted by Gasteiger charge is -2.23. The van der Waals surface area contributed by atoms with Gasteiger partial charge in [-0.15, -0.1) is 0 Å². The largest absolute Gasteiger partial charge is 0.396 e. The summed E-state index contributed by atoms with van der Waals surface area (Å²) in [5.41, 5.74) is 0. The van der Waals surface area contributed by atoms with Crippen molar-refractivity contribution in [1.29, 1.82) is 0 Å². The van der Waals surface area contributed by atoms with Gasteiger partial charge < -0.3 is 10.0 Å². The first kappa shape index (κ1) is 9.52. The van der Waals surface area contributed by atoms with Crippen molar-refractivity contribution in [2.45, 2.75) is 32.7 Å². The van der Waals surface area contributed by atoms with Crippen LogP contribution in [0, 0.1) is 5.92 Å². The van der Waals surface area contributed by atoms with Crippen molar-refractivity contribution in [3.05, 3.63) is 0 Å². The van der Waals surface area contributed by atoms with E-state index in [-0.39, 0.29) is 18.4 Å². The molecule has 0 spiro atoms. The topological polar surface area (TPSA) is 40.5 Å². The Hall–Kier alpha value is -0.570. The first-order chi connectivity index (χ1) is 5.69. The van der Waals surface area contributed by atoms with E-state index in [0.717, 1.165) is 13.0 Å². The molecule has 0 aromatic carbocycles. The van der Waals surface area contributed by atoms with Gasteiger partial charge in [0, 0.05) is 31.5 Å². The van der Waals surface area contributed by atoms with Crippen LogP contribution in [0.1, 0.15) is 26.7 Å². The predicted molar refractivity (Wildman–Crippen MR) is 46.7 cm³/mol. The van der Waals surface area contributed by atoms with Crippen molar-refractivity contribution in [2.24, 2.45) is 5.92 Å². The molecule has 1 saturated heterocycles. The van der Waals surface area contributed by atoms with Crippen molar-refractivity contribution in [2.75, 3.05) is 13.2 Å². The lowest BCUT2D eigenvalue weighted by molar-refractivity contribution is -0.129. The Kier molecular flexibility index (Phi) is 3.09. The van der Waals surface area contributed by atoms with Gasteiger partial charge in [0.25, 0.3) is 0 Å². The number of carbonyl (C=O) groups is 1. The van der Waals surface area contributed by atoms with Crippen LogP contribution in [0.25, 0.3) is 0 Å². The van der Waals surface area contributed by atoms with Crippen LogP contribution in [0.4, 0.5) is 0 Å². The molecule has 1 aliphatic heterocycles. The smallest absolute Gasteiger partial charge is 0.223 e. The average Bonchev–Trinajstić information content (AvgIpc) is 2.45. The van der Waals surface area contributed by atoms with Crippen molar-refractivity contribution >= 4 is 5.91 Å². The van der Waals surface area contributed by atoms with Gasteiger partial charge in [0.05, 0.1) is 0 Å². The summed E-state index contributed by atoms with van der Waals surface area (Å²) in [6, 6.07) is 0.328. The maximum atomic E-state index is 11.4. The van der Waals surface area contributed by atoms with Gasteiger partial charge in [-0.05, 0) is 13.3 Å². The number of rotatable bonds is 3. The summed E-state index contributed by atoms with van der Waals surface area (Å²) in [6.07, 6.45) is 1.52. The van der Waals surface area contributed by atoms with Gasteiger partial charge in [-0.1, -0.05) is 6.92 Å². The van der Waals surface area contributed by atoms with E-state index in [1.807, 2.05) is 4.90 Å². The van der Waals surface area contributed by atoms with E-state index < -0.39 is 0 Å². The molecule has 2 atom stereocenters. The fraction of sp³-hybridized carbons (Fsp3) is 0.889. The number of hydrogen-bond donors (Lipinski definition) is 1. The van der Waals surface area contributed by atoms with E-state index in [1.165, 1.54) is 0 Å². The molecule has 70 valence electrons. The van der Waals surface area contributed by atoms with Gasteiger partial charge in [0.15, 0.2) is 0 Å². The van der Waals surface area contributed by atoms with Crippen LogP contribution in [-0.2, 0) is 4.79 Å². The fourth-order valence-electron chi connectivity index (χ4n) is 1.58. The predicted octanol–water partition coefficient (Wildman–Crippen LogP) is 0.626. The molecule has 0 saturated carbocycles. The normalized spacial score (nSPS) is 26.4. The van der Waals surface area contributed by atoms with Crippen molar-refractivity contribution in [1.82, 2.24) is 4.90 Å². The third-order valence-corrected chi connectivity index (χ3v) is 2.62. The summed E-state index contributed by atoms with van der Waals surface area (Å²) in [6.45, 7) is 5.00. The molecular weight excluding hydrogens is 154 g/mol. The van der Waals surface area contributed by atoms with Crippen molar-refractivity contribution < 1.29 is 9.90 Å². The van der Waals surface area contributed by atoms with E-state index >= 15 is 0 Å². The lowest BCUT2D eigenvalue weighted by atomic mass is 10.1. The van der Waals surface area contributed by atoms with Crippen LogP contribution >= 0.6 is 0 Å². The second-order valence-corrected chi connectivity index (χ2v) is 3.56. The zero-order valence-electron chi connectivity index (χ0n) is 7.79. The summed E-state index contributed by atoms with van der Waals surface area (Å²) in [5, 5.41) is 8.88. The van der Waals surface area contributed by atoms with Crippen LogP contribution in [0.15, 0.2) is 0 Å². The Morgan fingerprint density at radius 3 is 2.83 bits per heavy atom. The Balaban J connectivity index is 2.51. The quantitative estimate of drug-likeness (QED) is 0.676. The number of amides is 1. The molecule has 1 fully saturated rings. The molecule has 1 unspecified atom stereocenters. The Morgan fingerprint density at radius 2 is 2.42 bits per heavy atom. The first-order valence-corrected chi connectivity index (χ1v) is 4.59. The van der Waals surface area contributed by atoms with E-state index in [2.05, 4.69) is 13.8 Å². The minimum Gasteiger partial charge on any atom is -0.396 e. The number of likely N-dealkylation sites (tertiary alicyclic amines) is 1. The maximum absolute atomic E-state index is 11.4. The average molecular weight is 171 g/mol. The van der Waals surface area contributed by atoms with Crippen LogP contribution in [0.3, 0.4) is 0 Å². The molecule has 0 aromatic heterocycles. The van der Waals surface area contributed by atoms with E-state index in [9.17, 15) is 4.79 Å². The molecular formula is C9H17NO2. The molecule has 0 aromatic rings. The number of carbonyl (C=O) groups excluding carboxylic acids is 1. The fourth-order valence-corrected chi connectivity index (χ4v) is 1.58. The highest BCUT2D eigenvalue weighted by Gasteiger charge is 2.31. The van der Waals surface area contributed by atoms with Crippen LogP contribution in [0.2, 0.25) is 0 Å². The van der Waals surface area contributed by atoms with E-state index in [4.69, 9.17) is 5.11 Å². The standard InChI is InChI=1S/C9H17NO2/c1-3-7(2)10-5-8(6-11)4-9(10)12/h7-8,11H,3-6H2,1-2H3/t7-,8?/m0/s1. The van der Waals surface area contributed by atoms with Gasteiger partial charge in [-0.25, -0.2) is 0 Å². The summed E-state index contributed by atoms with van der Waals surface area (Å²) >= 11 is 0. The molecule has 1 N–H and O–H groups in total. The second kappa shape index (κ2) is 3.90. The summed E-state index contributed by atoms with van der Waals surface area (Å²) in [5.74, 6) is 0.370.